The molecule has 8 nitrogen and oxygen atoms in total. The first-order valence-corrected chi connectivity index (χ1v) is 6.75. The zero-order valence-electron chi connectivity index (χ0n) is 12.4. The maximum absolute atomic E-state index is 12.8. The van der Waals surface area contributed by atoms with Crippen molar-refractivity contribution in [2.75, 3.05) is 20.3 Å². The van der Waals surface area contributed by atoms with Gasteiger partial charge in [0.15, 0.2) is 5.75 Å². The fourth-order valence-electron chi connectivity index (χ4n) is 2.43. The van der Waals surface area contributed by atoms with Gasteiger partial charge in [-0.25, -0.2) is 4.79 Å². The first kappa shape index (κ1) is 17.8. The summed E-state index contributed by atoms with van der Waals surface area (Å²) in [4.78, 5) is 22.9. The predicted octanol–water partition coefficient (Wildman–Crippen LogP) is 1.94. The van der Waals surface area contributed by atoms with Gasteiger partial charge in [-0.15, -0.1) is 0 Å². The lowest BCUT2D eigenvalue weighted by atomic mass is 10.0. The molecule has 0 aromatic heterocycles. The maximum Gasteiger partial charge on any atom is 0.410 e. The Morgan fingerprint density at radius 2 is 2.21 bits per heavy atom. The summed E-state index contributed by atoms with van der Waals surface area (Å²) in [7, 11) is 1.29. The molecule has 132 valence electrons. The van der Waals surface area contributed by atoms with Crippen molar-refractivity contribution in [2.45, 2.75) is 18.3 Å². The van der Waals surface area contributed by atoms with Crippen molar-refractivity contribution in [3.05, 3.63) is 33.9 Å². The summed E-state index contributed by atoms with van der Waals surface area (Å²) in [6.45, 7) is -0.815. The fraction of sp³-hybridized carbons (Fsp3) is 0.462. The van der Waals surface area contributed by atoms with Gasteiger partial charge in [0.1, 0.15) is 6.04 Å². The smallest absolute Gasteiger partial charge is 0.410 e. The third-order valence-electron chi connectivity index (χ3n) is 3.61. The molecule has 1 heterocycles. The molecule has 0 radical (unpaired) electrons. The Bertz CT molecular complexity index is 652. The minimum absolute atomic E-state index is 0.167. The predicted molar refractivity (Wildman–Crippen MR) is 74.5 cm³/mol. The fourth-order valence-corrected chi connectivity index (χ4v) is 2.43. The van der Waals surface area contributed by atoms with E-state index < -0.39 is 47.2 Å². The van der Waals surface area contributed by atoms with Gasteiger partial charge in [0.05, 0.1) is 24.1 Å². The number of phenolic OH excluding ortho intramolecular Hbond substituents is 1. The van der Waals surface area contributed by atoms with Crippen molar-refractivity contribution in [3.63, 3.8) is 0 Å². The van der Waals surface area contributed by atoms with E-state index in [0.717, 1.165) is 17.0 Å². The Labute approximate surface area is 134 Å². The van der Waals surface area contributed by atoms with Gasteiger partial charge >= 0.3 is 17.9 Å². The van der Waals surface area contributed by atoms with Crippen LogP contribution in [-0.4, -0.2) is 53.4 Å². The number of benzene rings is 1. The molecule has 1 aliphatic heterocycles. The van der Waals surface area contributed by atoms with Crippen LogP contribution >= 0.6 is 0 Å². The highest BCUT2D eigenvalue weighted by atomic mass is 19.4. The normalized spacial score (nSPS) is 19.2. The molecule has 1 fully saturated rings. The topological polar surface area (TPSA) is 105 Å². The number of nitro benzene ring substituents is 1. The number of nitro groups is 1. The Morgan fingerprint density at radius 1 is 1.54 bits per heavy atom. The lowest BCUT2D eigenvalue weighted by molar-refractivity contribution is -0.386. The molecule has 2 amide bonds. The summed E-state index contributed by atoms with van der Waals surface area (Å²) < 4.78 is 43.3. The number of rotatable bonds is 5. The van der Waals surface area contributed by atoms with E-state index in [4.69, 9.17) is 4.74 Å². The molecule has 24 heavy (non-hydrogen) atoms. The summed E-state index contributed by atoms with van der Waals surface area (Å²) in [6.07, 6.45) is -4.61. The second-order valence-corrected chi connectivity index (χ2v) is 5.17. The van der Waals surface area contributed by atoms with Gasteiger partial charge in [-0.05, 0) is 11.6 Å². The van der Waals surface area contributed by atoms with Crippen LogP contribution in [0.2, 0.25) is 0 Å². The van der Waals surface area contributed by atoms with Crippen molar-refractivity contribution >= 4 is 11.7 Å². The van der Waals surface area contributed by atoms with E-state index in [1.165, 1.54) is 13.2 Å². The molecule has 1 aromatic rings. The number of carbonyl (C=O) groups excluding carboxylic acids is 1. The quantitative estimate of drug-likeness (QED) is 0.624. The van der Waals surface area contributed by atoms with E-state index in [9.17, 15) is 33.2 Å². The molecule has 1 saturated heterocycles. The molecule has 0 saturated carbocycles. The molecule has 1 aromatic carbocycles. The number of halogens is 3. The summed E-state index contributed by atoms with van der Waals surface area (Å²) in [5.41, 5.74) is -0.431. The number of urea groups is 1. The van der Waals surface area contributed by atoms with E-state index in [0.29, 0.717) is 0 Å². The molecular weight excluding hydrogens is 335 g/mol. The number of methoxy groups -OCH3 is 1. The van der Waals surface area contributed by atoms with Crippen LogP contribution in [0.5, 0.6) is 5.75 Å². The zero-order chi connectivity index (χ0) is 18.1. The number of nitrogens with one attached hydrogen (secondary N) is 1. The Morgan fingerprint density at radius 3 is 2.71 bits per heavy atom. The maximum atomic E-state index is 12.8. The Balaban J connectivity index is 2.35. The number of ether oxygens (including phenoxy) is 1. The first-order valence-electron chi connectivity index (χ1n) is 6.75. The highest BCUT2D eigenvalue weighted by Gasteiger charge is 2.48. The number of phenols is 1. The first-order chi connectivity index (χ1) is 11.1. The minimum atomic E-state index is -4.61. The minimum Gasteiger partial charge on any atom is -0.502 e. The van der Waals surface area contributed by atoms with E-state index in [1.54, 1.807) is 0 Å². The van der Waals surface area contributed by atoms with Crippen molar-refractivity contribution in [1.82, 2.24) is 10.2 Å². The average molecular weight is 349 g/mol. The number of alkyl halides is 3. The van der Waals surface area contributed by atoms with E-state index >= 15 is 0 Å². The van der Waals surface area contributed by atoms with E-state index in [2.05, 4.69) is 0 Å². The van der Waals surface area contributed by atoms with Crippen LogP contribution in [0.3, 0.4) is 0 Å². The second kappa shape index (κ2) is 6.51. The molecule has 11 heteroatoms. The molecule has 0 spiro atoms. The summed E-state index contributed by atoms with van der Waals surface area (Å²) >= 11 is 0. The van der Waals surface area contributed by atoms with Gasteiger partial charge in [-0.2, -0.15) is 13.2 Å². The third-order valence-corrected chi connectivity index (χ3v) is 3.61. The Kier molecular flexibility index (Phi) is 4.83. The highest BCUT2D eigenvalue weighted by molar-refractivity contribution is 5.77. The van der Waals surface area contributed by atoms with Crippen molar-refractivity contribution in [1.29, 1.82) is 0 Å². The molecule has 2 atom stereocenters. The van der Waals surface area contributed by atoms with Crippen LogP contribution in [-0.2, 0) is 4.74 Å². The van der Waals surface area contributed by atoms with Gasteiger partial charge in [-0.3, -0.25) is 10.1 Å². The zero-order valence-corrected chi connectivity index (χ0v) is 12.4. The van der Waals surface area contributed by atoms with Gasteiger partial charge < -0.3 is 20.1 Å². The Hall–Kier alpha value is -2.56. The summed E-state index contributed by atoms with van der Waals surface area (Å²) in [6, 6.07) is -0.605. The van der Waals surface area contributed by atoms with Gasteiger partial charge in [0, 0.05) is 13.2 Å². The van der Waals surface area contributed by atoms with Crippen LogP contribution in [0.1, 0.15) is 11.6 Å². The SMILES string of the molecule is COC[C@H](c1ccc(O)c([N+](=O)[O-])c1)N1C[C@@H](C(F)(F)F)NC1=O. The average Bonchev–Trinajstić information content (AvgIpc) is 2.87. The third kappa shape index (κ3) is 3.50. The number of hydrogen-bond donors (Lipinski definition) is 2. The van der Waals surface area contributed by atoms with Crippen LogP contribution in [0.4, 0.5) is 23.7 Å². The van der Waals surface area contributed by atoms with Crippen LogP contribution in [0.25, 0.3) is 0 Å². The molecule has 0 aliphatic carbocycles. The molecule has 0 unspecified atom stereocenters. The largest absolute Gasteiger partial charge is 0.502 e. The van der Waals surface area contributed by atoms with Gasteiger partial charge in [0.25, 0.3) is 0 Å². The summed E-state index contributed by atoms with van der Waals surface area (Å²) in [5.74, 6) is -0.584. The van der Waals surface area contributed by atoms with Gasteiger partial charge in [-0.1, -0.05) is 6.07 Å². The number of nitrogens with zero attached hydrogens (tertiary/aromatic N) is 2. The van der Waals surface area contributed by atoms with Crippen molar-refractivity contribution in [2.24, 2.45) is 0 Å². The van der Waals surface area contributed by atoms with E-state index in [-0.39, 0.29) is 12.2 Å². The molecule has 2 N–H and O–H groups in total. The lowest BCUT2D eigenvalue weighted by Crippen LogP contribution is -2.40. The molecule has 2 rings (SSSR count). The monoisotopic (exact) mass is 349 g/mol. The van der Waals surface area contributed by atoms with E-state index in [1.807, 2.05) is 5.32 Å². The summed E-state index contributed by atoms with van der Waals surface area (Å²) in [5, 5.41) is 22.2. The molecule has 0 bridgehead atoms. The highest BCUT2D eigenvalue weighted by Crippen LogP contribution is 2.34. The number of aromatic hydroxyl groups is 1. The van der Waals surface area contributed by atoms with Crippen LogP contribution < -0.4 is 5.32 Å². The standard InChI is InChI=1S/C13H14F3N3O5/c1-24-6-9(7-2-3-10(20)8(4-7)19(22)23)18-5-11(13(14,15)16)17-12(18)21/h2-4,9,11,20H,5-6H2,1H3,(H,17,21)/t9-,11+/m1/s1. The number of amides is 2. The van der Waals surface area contributed by atoms with Gasteiger partial charge in [0.2, 0.25) is 0 Å². The molecule has 1 aliphatic rings. The second-order valence-electron chi connectivity index (χ2n) is 5.17. The van der Waals surface area contributed by atoms with Crippen LogP contribution in [0.15, 0.2) is 18.2 Å². The number of hydrogen-bond acceptors (Lipinski definition) is 5. The van der Waals surface area contributed by atoms with Crippen LogP contribution in [0, 0.1) is 10.1 Å². The molecular formula is C13H14F3N3O5. The lowest BCUT2D eigenvalue weighted by Gasteiger charge is -2.27. The van der Waals surface area contributed by atoms with Crippen molar-refractivity contribution in [3.8, 4) is 5.75 Å². The number of carbonyl (C=O) groups is 1. The van der Waals surface area contributed by atoms with Crippen molar-refractivity contribution < 1.29 is 32.7 Å².